The van der Waals surface area contributed by atoms with Crippen LogP contribution in [0, 0.1) is 6.92 Å². The molecule has 2 N–H and O–H groups in total. The van der Waals surface area contributed by atoms with Crippen LogP contribution < -0.4 is 25.0 Å². The molecule has 0 atom stereocenters. The number of aryl methyl sites for hydroxylation is 1. The summed E-state index contributed by atoms with van der Waals surface area (Å²) in [5, 5.41) is 7.32. The molecule has 3 aromatic rings. The molecule has 0 fully saturated rings. The first-order chi connectivity index (χ1) is 17.3. The van der Waals surface area contributed by atoms with Gasteiger partial charge in [-0.15, -0.1) is 0 Å². The fourth-order valence-electron chi connectivity index (χ4n) is 3.04. The summed E-state index contributed by atoms with van der Waals surface area (Å²) < 4.78 is 17.0. The third kappa shape index (κ3) is 7.47. The van der Waals surface area contributed by atoms with Gasteiger partial charge in [-0.3, -0.25) is 9.59 Å². The van der Waals surface area contributed by atoms with E-state index in [-0.39, 0.29) is 12.5 Å². The second-order valence-electron chi connectivity index (χ2n) is 7.49. The number of halogens is 2. The molecule has 2 amide bonds. The van der Waals surface area contributed by atoms with E-state index in [9.17, 15) is 9.59 Å². The highest BCUT2D eigenvalue weighted by Gasteiger charge is 2.11. The molecule has 36 heavy (non-hydrogen) atoms. The van der Waals surface area contributed by atoms with Gasteiger partial charge in [-0.1, -0.05) is 17.7 Å². The molecule has 0 aliphatic rings. The molecule has 0 unspecified atom stereocenters. The molecule has 0 aromatic heterocycles. The van der Waals surface area contributed by atoms with Crippen molar-refractivity contribution in [2.75, 3.05) is 25.6 Å². The van der Waals surface area contributed by atoms with Crippen molar-refractivity contribution in [2.24, 2.45) is 5.10 Å². The lowest BCUT2D eigenvalue weighted by atomic mass is 10.2. The lowest BCUT2D eigenvalue weighted by Crippen LogP contribution is -2.20. The van der Waals surface area contributed by atoms with Crippen LogP contribution in [0.4, 0.5) is 5.69 Å². The molecule has 0 saturated carbocycles. The summed E-state index contributed by atoms with van der Waals surface area (Å²) in [7, 11) is 1.51. The van der Waals surface area contributed by atoms with E-state index in [2.05, 4.69) is 31.8 Å². The zero-order chi connectivity index (χ0) is 26.1. The number of anilines is 1. The van der Waals surface area contributed by atoms with E-state index >= 15 is 0 Å². The summed E-state index contributed by atoms with van der Waals surface area (Å²) in [6.07, 6.45) is 1.49. The number of nitrogens with zero attached hydrogens (tertiary/aromatic N) is 1. The number of methoxy groups -OCH3 is 1. The number of hydrazone groups is 1. The van der Waals surface area contributed by atoms with Crippen molar-refractivity contribution < 1.29 is 23.8 Å². The first-order valence-electron chi connectivity index (χ1n) is 10.9. The normalized spacial score (nSPS) is 10.7. The first kappa shape index (κ1) is 27.0. The van der Waals surface area contributed by atoms with Gasteiger partial charge in [0.1, 0.15) is 5.75 Å². The summed E-state index contributed by atoms with van der Waals surface area (Å²) in [5.41, 5.74) is 5.08. The van der Waals surface area contributed by atoms with E-state index in [4.69, 9.17) is 25.8 Å². The van der Waals surface area contributed by atoms with E-state index < -0.39 is 5.91 Å². The lowest BCUT2D eigenvalue weighted by Gasteiger charge is -2.10. The highest BCUT2D eigenvalue weighted by Crippen LogP contribution is 2.28. The Morgan fingerprint density at radius 2 is 1.81 bits per heavy atom. The number of nitrogens with one attached hydrogen (secondary N) is 2. The predicted molar refractivity (Wildman–Crippen MR) is 144 cm³/mol. The summed E-state index contributed by atoms with van der Waals surface area (Å²) in [6.45, 7) is 4.06. The Morgan fingerprint density at radius 3 is 2.50 bits per heavy atom. The van der Waals surface area contributed by atoms with Gasteiger partial charge in [0.2, 0.25) is 0 Å². The van der Waals surface area contributed by atoms with Crippen molar-refractivity contribution in [2.45, 2.75) is 13.8 Å². The number of benzene rings is 3. The molecule has 0 aliphatic carbocycles. The van der Waals surface area contributed by atoms with Crippen LogP contribution in [0.25, 0.3) is 0 Å². The average molecular weight is 575 g/mol. The van der Waals surface area contributed by atoms with Crippen molar-refractivity contribution in [1.29, 1.82) is 0 Å². The van der Waals surface area contributed by atoms with Crippen molar-refractivity contribution in [1.82, 2.24) is 5.43 Å². The second-order valence-corrected chi connectivity index (χ2v) is 8.75. The van der Waals surface area contributed by atoms with Gasteiger partial charge in [0.15, 0.2) is 18.1 Å². The fourth-order valence-corrected chi connectivity index (χ4v) is 3.73. The van der Waals surface area contributed by atoms with E-state index in [1.165, 1.54) is 13.3 Å². The Bertz CT molecular complexity index is 1280. The molecular formula is C26H25BrClN3O5. The molecular weight excluding hydrogens is 550 g/mol. The zero-order valence-corrected chi connectivity index (χ0v) is 22.3. The molecule has 0 aliphatic heterocycles. The first-order valence-corrected chi connectivity index (χ1v) is 12.1. The Labute approximate surface area is 222 Å². The van der Waals surface area contributed by atoms with Crippen molar-refractivity contribution >= 4 is 51.2 Å². The Kier molecular flexibility index (Phi) is 9.72. The molecule has 0 bridgehead atoms. The van der Waals surface area contributed by atoms with Gasteiger partial charge in [0.05, 0.1) is 24.4 Å². The van der Waals surface area contributed by atoms with E-state index in [0.29, 0.717) is 50.2 Å². The third-order valence-corrected chi connectivity index (χ3v) is 5.90. The van der Waals surface area contributed by atoms with Crippen LogP contribution in [0.5, 0.6) is 17.2 Å². The molecule has 0 heterocycles. The molecule has 0 radical (unpaired) electrons. The van der Waals surface area contributed by atoms with Gasteiger partial charge in [0.25, 0.3) is 11.8 Å². The Morgan fingerprint density at radius 1 is 1.03 bits per heavy atom. The quantitative estimate of drug-likeness (QED) is 0.243. The minimum Gasteiger partial charge on any atom is -0.493 e. The number of carbonyl (C=O) groups excluding carboxylic acids is 2. The summed E-state index contributed by atoms with van der Waals surface area (Å²) >= 11 is 9.51. The molecule has 0 spiro atoms. The van der Waals surface area contributed by atoms with Crippen molar-refractivity contribution in [3.63, 3.8) is 0 Å². The molecule has 10 heteroatoms. The van der Waals surface area contributed by atoms with E-state index in [1.54, 1.807) is 48.5 Å². The van der Waals surface area contributed by atoms with E-state index in [0.717, 1.165) is 5.56 Å². The summed E-state index contributed by atoms with van der Waals surface area (Å²) in [4.78, 5) is 24.6. The number of carbonyl (C=O) groups is 2. The molecule has 188 valence electrons. The molecule has 3 rings (SSSR count). The van der Waals surface area contributed by atoms with Gasteiger partial charge >= 0.3 is 0 Å². The van der Waals surface area contributed by atoms with Gasteiger partial charge < -0.3 is 19.5 Å². The van der Waals surface area contributed by atoms with Crippen molar-refractivity contribution in [3.05, 3.63) is 80.8 Å². The SMILES string of the molecule is CCOc1ccc(C(=O)N/N=C/c2ccc(OCC(=O)Nc3ccc(C)c(Cl)c3)c(Br)c2)cc1OC. The number of hydrogen-bond acceptors (Lipinski definition) is 6. The number of rotatable bonds is 10. The average Bonchev–Trinajstić information content (AvgIpc) is 2.86. The van der Waals surface area contributed by atoms with Gasteiger partial charge in [-0.2, -0.15) is 5.10 Å². The molecule has 0 saturated heterocycles. The maximum absolute atomic E-state index is 12.4. The topological polar surface area (TPSA) is 98.3 Å². The number of ether oxygens (including phenoxy) is 3. The lowest BCUT2D eigenvalue weighted by molar-refractivity contribution is -0.118. The number of hydrogen-bond donors (Lipinski definition) is 2. The summed E-state index contributed by atoms with van der Waals surface area (Å²) in [5.74, 6) is 0.789. The summed E-state index contributed by atoms with van der Waals surface area (Å²) in [6, 6.07) is 15.4. The highest BCUT2D eigenvalue weighted by atomic mass is 79.9. The van der Waals surface area contributed by atoms with Crippen LogP contribution in [0.2, 0.25) is 5.02 Å². The standard InChI is InChI=1S/C26H25BrClN3O5/c1-4-35-23-10-7-18(12-24(23)34-3)26(33)31-29-14-17-6-9-22(20(27)11-17)36-15-25(32)30-19-8-5-16(2)21(28)13-19/h5-14H,4,15H2,1-3H3,(H,30,32)(H,31,33)/b29-14+. The highest BCUT2D eigenvalue weighted by molar-refractivity contribution is 9.10. The smallest absolute Gasteiger partial charge is 0.271 e. The Hall–Kier alpha value is -3.56. The van der Waals surface area contributed by atoms with Gasteiger partial charge in [-0.25, -0.2) is 5.43 Å². The monoisotopic (exact) mass is 573 g/mol. The minimum absolute atomic E-state index is 0.181. The van der Waals surface area contributed by atoms with Crippen LogP contribution >= 0.6 is 27.5 Å². The predicted octanol–water partition coefficient (Wildman–Crippen LogP) is 5.60. The van der Waals surface area contributed by atoms with Crippen molar-refractivity contribution in [3.8, 4) is 17.2 Å². The maximum atomic E-state index is 12.4. The largest absolute Gasteiger partial charge is 0.493 e. The van der Waals surface area contributed by atoms with Gasteiger partial charge in [0, 0.05) is 16.3 Å². The van der Waals surface area contributed by atoms with Crippen LogP contribution in [0.1, 0.15) is 28.4 Å². The molecule has 3 aromatic carbocycles. The van der Waals surface area contributed by atoms with Crippen LogP contribution in [0.15, 0.2) is 64.2 Å². The van der Waals surface area contributed by atoms with Gasteiger partial charge in [-0.05, 0) is 89.4 Å². The van der Waals surface area contributed by atoms with E-state index in [1.807, 2.05) is 19.9 Å². The minimum atomic E-state index is -0.396. The zero-order valence-electron chi connectivity index (χ0n) is 19.9. The van der Waals surface area contributed by atoms with Crippen LogP contribution in [0.3, 0.4) is 0 Å². The second kappa shape index (κ2) is 12.9. The maximum Gasteiger partial charge on any atom is 0.271 e. The fraction of sp³-hybridized carbons (Fsp3) is 0.192. The number of amides is 2. The van der Waals surface area contributed by atoms with Crippen LogP contribution in [-0.2, 0) is 4.79 Å². The third-order valence-electron chi connectivity index (χ3n) is 4.88. The Balaban J connectivity index is 1.54. The van der Waals surface area contributed by atoms with Crippen LogP contribution in [-0.4, -0.2) is 38.4 Å². The molecule has 8 nitrogen and oxygen atoms in total.